The first-order chi connectivity index (χ1) is 17.9. The number of benzene rings is 3. The third kappa shape index (κ3) is 5.95. The second-order valence-corrected chi connectivity index (χ2v) is 9.01. The van der Waals surface area contributed by atoms with Crippen LogP contribution in [0.4, 0.5) is 5.13 Å². The average Bonchev–Trinajstić information content (AvgIpc) is 3.33. The topological polar surface area (TPSA) is 88.1 Å². The second kappa shape index (κ2) is 11.7. The molecule has 1 N–H and O–H groups in total. The molecule has 1 heterocycles. The maximum Gasteiger partial charge on any atom is 0.264 e. The Morgan fingerprint density at radius 2 is 1.54 bits per heavy atom. The van der Waals surface area contributed by atoms with E-state index >= 15 is 0 Å². The van der Waals surface area contributed by atoms with Gasteiger partial charge in [0.2, 0.25) is 5.75 Å². The molecule has 192 valence electrons. The molecule has 8 nitrogen and oxygen atoms in total. The Balaban J connectivity index is 1.47. The van der Waals surface area contributed by atoms with E-state index in [9.17, 15) is 4.79 Å². The van der Waals surface area contributed by atoms with Crippen LogP contribution in [0.1, 0.15) is 16.7 Å². The van der Waals surface area contributed by atoms with Gasteiger partial charge in [0.1, 0.15) is 0 Å². The summed E-state index contributed by atoms with van der Waals surface area (Å²) in [4.78, 5) is 17.1. The minimum absolute atomic E-state index is 0.189. The van der Waals surface area contributed by atoms with Crippen molar-refractivity contribution >= 4 is 44.7 Å². The Kier molecular flexibility index (Phi) is 8.15. The number of rotatable bonds is 10. The average molecular weight is 521 g/mol. The van der Waals surface area contributed by atoms with Crippen LogP contribution in [0.25, 0.3) is 22.4 Å². The highest BCUT2D eigenvalue weighted by atomic mass is 32.1. The van der Waals surface area contributed by atoms with Crippen molar-refractivity contribution < 1.29 is 28.5 Å². The highest BCUT2D eigenvalue weighted by Gasteiger charge is 2.13. The fourth-order valence-electron chi connectivity index (χ4n) is 3.74. The number of carbonyl (C=O) groups excluding carboxylic acids is 1. The lowest BCUT2D eigenvalue weighted by Crippen LogP contribution is -2.20. The van der Waals surface area contributed by atoms with Crippen molar-refractivity contribution in [2.24, 2.45) is 0 Å². The number of nitrogens with one attached hydrogen (secondary N) is 1. The summed E-state index contributed by atoms with van der Waals surface area (Å²) in [6.07, 6.45) is 3.83. The molecule has 0 radical (unpaired) electrons. The second-order valence-electron chi connectivity index (χ2n) is 7.98. The molecule has 1 aromatic heterocycles. The van der Waals surface area contributed by atoms with Crippen LogP contribution < -0.4 is 29.0 Å². The first-order valence-electron chi connectivity index (χ1n) is 11.4. The molecule has 1 amide bonds. The molecule has 4 rings (SSSR count). The van der Waals surface area contributed by atoms with E-state index in [-0.39, 0.29) is 12.5 Å². The molecule has 0 saturated heterocycles. The molecular weight excluding hydrogens is 492 g/mol. The van der Waals surface area contributed by atoms with Gasteiger partial charge in [-0.15, -0.1) is 0 Å². The molecule has 9 heteroatoms. The van der Waals surface area contributed by atoms with Crippen molar-refractivity contribution in [2.75, 3.05) is 40.4 Å². The number of ether oxygens (including phenoxy) is 5. The van der Waals surface area contributed by atoms with Gasteiger partial charge in [-0.25, -0.2) is 4.98 Å². The fourth-order valence-corrected chi connectivity index (χ4v) is 4.70. The third-order valence-electron chi connectivity index (χ3n) is 5.57. The Labute approximate surface area is 219 Å². The van der Waals surface area contributed by atoms with Gasteiger partial charge >= 0.3 is 0 Å². The summed E-state index contributed by atoms with van der Waals surface area (Å²) in [5.74, 6) is 2.32. The summed E-state index contributed by atoms with van der Waals surface area (Å²) in [6.45, 7) is 1.80. The molecule has 0 bridgehead atoms. The zero-order valence-corrected chi connectivity index (χ0v) is 22.1. The smallest absolute Gasteiger partial charge is 0.264 e. The van der Waals surface area contributed by atoms with Crippen molar-refractivity contribution in [3.8, 4) is 28.7 Å². The van der Waals surface area contributed by atoms with E-state index in [1.54, 1.807) is 34.5 Å². The predicted molar refractivity (Wildman–Crippen MR) is 147 cm³/mol. The van der Waals surface area contributed by atoms with Crippen LogP contribution in [0.2, 0.25) is 0 Å². The maximum atomic E-state index is 12.6. The van der Waals surface area contributed by atoms with Gasteiger partial charge in [-0.3, -0.25) is 10.1 Å². The third-order valence-corrected chi connectivity index (χ3v) is 6.50. The molecular formula is C28H28N2O6S. The van der Waals surface area contributed by atoms with Gasteiger partial charge in [-0.1, -0.05) is 41.7 Å². The number of hydrogen-bond acceptors (Lipinski definition) is 8. The molecule has 0 atom stereocenters. The lowest BCUT2D eigenvalue weighted by Gasteiger charge is -2.13. The zero-order chi connectivity index (χ0) is 26.4. The van der Waals surface area contributed by atoms with Gasteiger partial charge in [-0.05, 0) is 53.9 Å². The highest BCUT2D eigenvalue weighted by Crippen LogP contribution is 2.39. The van der Waals surface area contributed by atoms with Crippen molar-refractivity contribution in [3.05, 3.63) is 65.2 Å². The Morgan fingerprint density at radius 3 is 2.19 bits per heavy atom. The lowest BCUT2D eigenvalue weighted by atomic mass is 10.1. The Morgan fingerprint density at radius 1 is 0.865 bits per heavy atom. The lowest BCUT2D eigenvalue weighted by molar-refractivity contribution is -0.118. The molecule has 3 aromatic carbocycles. The van der Waals surface area contributed by atoms with Gasteiger partial charge in [0.25, 0.3) is 5.91 Å². The molecule has 0 aliphatic carbocycles. The first-order valence-corrected chi connectivity index (χ1v) is 12.2. The molecule has 37 heavy (non-hydrogen) atoms. The SMILES string of the molecule is COc1ccc(/C=C\c2cc(OC)c(OC)c(OC)c2)cc1OCC(=O)Nc1nc2c(C)cccc2s1. The number of anilines is 1. The minimum Gasteiger partial charge on any atom is -0.493 e. The van der Waals surface area contributed by atoms with E-state index in [1.807, 2.05) is 61.5 Å². The molecule has 0 aliphatic heterocycles. The normalized spacial score (nSPS) is 10.9. The first kappa shape index (κ1) is 25.8. The van der Waals surface area contributed by atoms with Crippen LogP contribution in [0, 0.1) is 6.92 Å². The van der Waals surface area contributed by atoms with E-state index in [2.05, 4.69) is 10.3 Å². The van der Waals surface area contributed by atoms with E-state index < -0.39 is 0 Å². The monoisotopic (exact) mass is 520 g/mol. The Bertz CT molecular complexity index is 1420. The highest BCUT2D eigenvalue weighted by molar-refractivity contribution is 7.22. The van der Waals surface area contributed by atoms with Gasteiger partial charge in [0, 0.05) is 0 Å². The molecule has 0 aliphatic rings. The number of fused-ring (bicyclic) bond motifs is 1. The molecule has 0 spiro atoms. The van der Waals surface area contributed by atoms with Crippen LogP contribution in [0.5, 0.6) is 28.7 Å². The molecule has 0 unspecified atom stereocenters. The summed E-state index contributed by atoms with van der Waals surface area (Å²) in [6, 6.07) is 15.1. The largest absolute Gasteiger partial charge is 0.493 e. The summed E-state index contributed by atoms with van der Waals surface area (Å²) >= 11 is 1.43. The van der Waals surface area contributed by atoms with Crippen LogP contribution in [-0.4, -0.2) is 45.9 Å². The van der Waals surface area contributed by atoms with E-state index in [4.69, 9.17) is 23.7 Å². The summed E-state index contributed by atoms with van der Waals surface area (Å²) in [5, 5.41) is 3.35. The number of aryl methyl sites for hydroxylation is 1. The van der Waals surface area contributed by atoms with Gasteiger partial charge in [-0.2, -0.15) is 0 Å². The summed E-state index contributed by atoms with van der Waals surface area (Å²) in [5.41, 5.74) is 3.66. The number of hydrogen-bond donors (Lipinski definition) is 1. The summed E-state index contributed by atoms with van der Waals surface area (Å²) in [7, 11) is 6.27. The van der Waals surface area contributed by atoms with Gasteiger partial charge in [0.05, 0.1) is 38.7 Å². The number of nitrogens with zero attached hydrogens (tertiary/aromatic N) is 1. The van der Waals surface area contributed by atoms with Crippen LogP contribution in [0.15, 0.2) is 48.5 Å². The fraction of sp³-hybridized carbons (Fsp3) is 0.214. The molecule has 4 aromatic rings. The number of aromatic nitrogens is 1. The molecule has 0 fully saturated rings. The van der Waals surface area contributed by atoms with Crippen molar-refractivity contribution in [3.63, 3.8) is 0 Å². The van der Waals surface area contributed by atoms with E-state index in [0.29, 0.717) is 33.9 Å². The molecule has 0 saturated carbocycles. The number of carbonyl (C=O) groups is 1. The van der Waals surface area contributed by atoms with E-state index in [1.165, 1.54) is 11.3 Å². The van der Waals surface area contributed by atoms with Gasteiger partial charge in [0.15, 0.2) is 34.7 Å². The predicted octanol–water partition coefficient (Wildman–Crippen LogP) is 5.83. The van der Waals surface area contributed by atoms with Crippen molar-refractivity contribution in [1.82, 2.24) is 4.98 Å². The van der Waals surface area contributed by atoms with Crippen molar-refractivity contribution in [1.29, 1.82) is 0 Å². The van der Waals surface area contributed by atoms with E-state index in [0.717, 1.165) is 26.9 Å². The van der Waals surface area contributed by atoms with Crippen LogP contribution in [0.3, 0.4) is 0 Å². The Hall–Kier alpha value is -4.24. The van der Waals surface area contributed by atoms with Crippen LogP contribution >= 0.6 is 11.3 Å². The number of thiazole rings is 1. The minimum atomic E-state index is -0.308. The maximum absolute atomic E-state index is 12.6. The quantitative estimate of drug-likeness (QED) is 0.263. The standard InChI is InChI=1S/C28H28N2O6S/c1-17-7-6-8-24-26(17)30-28(37-24)29-25(31)16-36-21-13-18(11-12-20(21)32-2)9-10-19-14-22(33-3)27(35-5)23(15-19)34-4/h6-15H,16H2,1-5H3,(H,29,30,31)/b10-9-. The number of amides is 1. The number of methoxy groups -OCH3 is 4. The summed E-state index contributed by atoms with van der Waals surface area (Å²) < 4.78 is 28.5. The van der Waals surface area contributed by atoms with Crippen LogP contribution in [-0.2, 0) is 4.79 Å². The van der Waals surface area contributed by atoms with Gasteiger partial charge < -0.3 is 23.7 Å². The zero-order valence-electron chi connectivity index (χ0n) is 21.3. The number of para-hydroxylation sites is 1. The van der Waals surface area contributed by atoms with Crippen molar-refractivity contribution in [2.45, 2.75) is 6.92 Å².